The van der Waals surface area contributed by atoms with Gasteiger partial charge in [0.1, 0.15) is 18.2 Å². The van der Waals surface area contributed by atoms with E-state index in [2.05, 4.69) is 50.5 Å². The molecule has 3 aromatic carbocycles. The molecule has 0 unspecified atom stereocenters. The maximum atomic E-state index is 13.2. The molecule has 4 aromatic rings. The van der Waals surface area contributed by atoms with Crippen LogP contribution in [0.1, 0.15) is 36.7 Å². The Bertz CT molecular complexity index is 1400. The van der Waals surface area contributed by atoms with E-state index in [4.69, 9.17) is 21.3 Å². The van der Waals surface area contributed by atoms with Crippen molar-refractivity contribution >= 4 is 67.2 Å². The van der Waals surface area contributed by atoms with Crippen LogP contribution in [0, 0.1) is 3.57 Å². The van der Waals surface area contributed by atoms with Crippen molar-refractivity contribution in [3.63, 3.8) is 0 Å². The highest BCUT2D eigenvalue weighted by Gasteiger charge is 2.11. The third-order valence-corrected chi connectivity index (χ3v) is 6.80. The molecule has 0 N–H and O–H groups in total. The molecule has 0 fully saturated rings. The second-order valence-electron chi connectivity index (χ2n) is 7.76. The van der Waals surface area contributed by atoms with Crippen LogP contribution in [0.2, 0.25) is 5.02 Å². The van der Waals surface area contributed by atoms with Crippen LogP contribution >= 0.6 is 50.1 Å². The molecular formula is C26H22BrClIN3O2. The fourth-order valence-electron chi connectivity index (χ4n) is 3.39. The fourth-order valence-corrected chi connectivity index (χ4v) is 4.57. The Hall–Kier alpha value is -2.23. The van der Waals surface area contributed by atoms with E-state index in [1.807, 2.05) is 54.6 Å². The van der Waals surface area contributed by atoms with Crippen LogP contribution in [0.5, 0.6) is 5.75 Å². The van der Waals surface area contributed by atoms with Crippen molar-refractivity contribution in [2.45, 2.75) is 32.8 Å². The van der Waals surface area contributed by atoms with Gasteiger partial charge in [-0.05, 0) is 88.7 Å². The summed E-state index contributed by atoms with van der Waals surface area (Å²) in [6.45, 7) is 2.57. The molecular weight excluding hydrogens is 629 g/mol. The van der Waals surface area contributed by atoms with Crippen molar-refractivity contribution in [2.75, 3.05) is 0 Å². The quantitative estimate of drug-likeness (QED) is 0.150. The van der Waals surface area contributed by atoms with Crippen molar-refractivity contribution in [3.05, 3.63) is 101 Å². The molecule has 174 valence electrons. The number of fused-ring (bicyclic) bond motifs is 1. The van der Waals surface area contributed by atoms with Crippen LogP contribution in [0.4, 0.5) is 0 Å². The molecule has 0 aliphatic carbocycles. The van der Waals surface area contributed by atoms with Crippen molar-refractivity contribution in [1.29, 1.82) is 0 Å². The third-order valence-electron chi connectivity index (χ3n) is 5.22. The minimum absolute atomic E-state index is 0.175. The minimum atomic E-state index is -0.175. The van der Waals surface area contributed by atoms with E-state index in [0.717, 1.165) is 37.8 Å². The first-order chi connectivity index (χ1) is 16.4. The van der Waals surface area contributed by atoms with Gasteiger partial charge >= 0.3 is 0 Å². The number of hydrogen-bond donors (Lipinski definition) is 0. The monoisotopic (exact) mass is 649 g/mol. The predicted molar refractivity (Wildman–Crippen MR) is 150 cm³/mol. The van der Waals surface area contributed by atoms with Crippen molar-refractivity contribution < 1.29 is 4.74 Å². The van der Waals surface area contributed by atoms with E-state index in [1.165, 1.54) is 4.68 Å². The molecule has 0 aliphatic rings. The highest BCUT2D eigenvalue weighted by atomic mass is 127. The van der Waals surface area contributed by atoms with Gasteiger partial charge < -0.3 is 4.74 Å². The summed E-state index contributed by atoms with van der Waals surface area (Å²) in [5, 5.41) is 5.76. The number of unbranched alkanes of at least 4 members (excludes halogenated alkanes) is 1. The lowest BCUT2D eigenvalue weighted by Gasteiger charge is -2.10. The predicted octanol–water partition coefficient (Wildman–Crippen LogP) is 7.22. The molecule has 8 heteroatoms. The lowest BCUT2D eigenvalue weighted by molar-refractivity contribution is 0.304. The number of rotatable bonds is 8. The van der Waals surface area contributed by atoms with Gasteiger partial charge in [-0.3, -0.25) is 4.79 Å². The van der Waals surface area contributed by atoms with E-state index in [1.54, 1.807) is 12.3 Å². The summed E-state index contributed by atoms with van der Waals surface area (Å²) in [5.41, 5.74) is 2.42. The molecule has 0 saturated carbocycles. The normalized spacial score (nSPS) is 11.4. The first-order valence-electron chi connectivity index (χ1n) is 10.9. The van der Waals surface area contributed by atoms with Crippen molar-refractivity contribution in [3.8, 4) is 5.75 Å². The number of halogens is 3. The fraction of sp³-hybridized carbons (Fsp3) is 0.192. The van der Waals surface area contributed by atoms with E-state index in [0.29, 0.717) is 34.8 Å². The van der Waals surface area contributed by atoms with Crippen LogP contribution in [0.25, 0.3) is 10.9 Å². The molecule has 1 aromatic heterocycles. The number of hydrogen-bond acceptors (Lipinski definition) is 4. The van der Waals surface area contributed by atoms with Crippen molar-refractivity contribution in [2.24, 2.45) is 5.10 Å². The molecule has 4 rings (SSSR count). The average Bonchev–Trinajstić information content (AvgIpc) is 2.83. The van der Waals surface area contributed by atoms with Gasteiger partial charge in [0.05, 0.1) is 20.7 Å². The maximum Gasteiger partial charge on any atom is 0.282 e. The molecule has 0 radical (unpaired) electrons. The molecule has 0 aliphatic heterocycles. The van der Waals surface area contributed by atoms with Crippen LogP contribution in [0.15, 0.2) is 75.0 Å². The van der Waals surface area contributed by atoms with Gasteiger partial charge in [0.2, 0.25) is 0 Å². The molecule has 1 heterocycles. The highest BCUT2D eigenvalue weighted by Crippen LogP contribution is 2.23. The largest absolute Gasteiger partial charge is 0.488 e. The van der Waals surface area contributed by atoms with Gasteiger partial charge in [-0.25, -0.2) is 4.98 Å². The maximum absolute atomic E-state index is 13.2. The van der Waals surface area contributed by atoms with Crippen LogP contribution < -0.4 is 10.3 Å². The zero-order valence-electron chi connectivity index (χ0n) is 18.5. The Morgan fingerprint density at radius 1 is 1.15 bits per heavy atom. The van der Waals surface area contributed by atoms with E-state index in [9.17, 15) is 4.79 Å². The first-order valence-corrected chi connectivity index (χ1v) is 13.1. The Kier molecular flexibility index (Phi) is 8.39. The summed E-state index contributed by atoms with van der Waals surface area (Å²) in [6, 6.07) is 18.9. The lowest BCUT2D eigenvalue weighted by atomic mass is 10.2. The molecule has 0 amide bonds. The van der Waals surface area contributed by atoms with E-state index in [-0.39, 0.29) is 5.56 Å². The van der Waals surface area contributed by atoms with Gasteiger partial charge in [0.15, 0.2) is 0 Å². The average molecular weight is 651 g/mol. The minimum Gasteiger partial charge on any atom is -0.488 e. The summed E-state index contributed by atoms with van der Waals surface area (Å²) in [6.07, 6.45) is 4.31. The number of benzene rings is 3. The molecule has 0 bridgehead atoms. The molecule has 34 heavy (non-hydrogen) atoms. The highest BCUT2D eigenvalue weighted by molar-refractivity contribution is 14.1. The summed E-state index contributed by atoms with van der Waals surface area (Å²) in [4.78, 5) is 17.9. The van der Waals surface area contributed by atoms with Crippen LogP contribution in [0.3, 0.4) is 0 Å². The van der Waals surface area contributed by atoms with Crippen LogP contribution in [-0.4, -0.2) is 15.9 Å². The molecule has 0 saturated heterocycles. The third kappa shape index (κ3) is 6.06. The Balaban J connectivity index is 1.59. The van der Waals surface area contributed by atoms with Gasteiger partial charge in [-0.1, -0.05) is 53.0 Å². The standard InChI is InChI=1S/C26H22BrClIN3O2/c1-2-3-4-25-31-23-11-8-19(27)14-21(23)26(33)32(25)30-15-18-7-12-24(22(29)13-18)34-16-17-5-9-20(28)10-6-17/h5-15H,2-4,16H2,1H3. The van der Waals surface area contributed by atoms with Gasteiger partial charge in [0, 0.05) is 15.9 Å². The SMILES string of the molecule is CCCCc1nc2ccc(Br)cc2c(=O)n1N=Cc1ccc(OCc2ccc(Cl)cc2)c(I)c1. The summed E-state index contributed by atoms with van der Waals surface area (Å²) >= 11 is 11.6. The molecule has 0 spiro atoms. The topological polar surface area (TPSA) is 56.5 Å². The second-order valence-corrected chi connectivity index (χ2v) is 10.3. The number of aryl methyl sites for hydroxylation is 1. The number of aromatic nitrogens is 2. The smallest absolute Gasteiger partial charge is 0.282 e. The summed E-state index contributed by atoms with van der Waals surface area (Å²) in [7, 11) is 0. The van der Waals surface area contributed by atoms with E-state index < -0.39 is 0 Å². The Morgan fingerprint density at radius 2 is 1.94 bits per heavy atom. The van der Waals surface area contributed by atoms with Crippen LogP contribution in [-0.2, 0) is 13.0 Å². The Labute approximate surface area is 225 Å². The van der Waals surface area contributed by atoms with Crippen molar-refractivity contribution in [1.82, 2.24) is 9.66 Å². The molecule has 5 nitrogen and oxygen atoms in total. The lowest BCUT2D eigenvalue weighted by Crippen LogP contribution is -2.22. The van der Waals surface area contributed by atoms with Gasteiger partial charge in [-0.15, -0.1) is 0 Å². The van der Waals surface area contributed by atoms with E-state index >= 15 is 0 Å². The zero-order chi connectivity index (χ0) is 24.1. The summed E-state index contributed by atoms with van der Waals surface area (Å²) < 4.78 is 9.16. The first kappa shape index (κ1) is 24.9. The summed E-state index contributed by atoms with van der Waals surface area (Å²) in [5.74, 6) is 1.45. The van der Waals surface area contributed by atoms with Gasteiger partial charge in [-0.2, -0.15) is 9.78 Å². The number of nitrogens with zero attached hydrogens (tertiary/aromatic N) is 3. The number of ether oxygens (including phenoxy) is 1. The second kappa shape index (κ2) is 11.5. The zero-order valence-corrected chi connectivity index (χ0v) is 23.0. The van der Waals surface area contributed by atoms with Gasteiger partial charge in [0.25, 0.3) is 5.56 Å². The molecule has 0 atom stereocenters. The Morgan fingerprint density at radius 3 is 2.68 bits per heavy atom.